The van der Waals surface area contributed by atoms with Crippen molar-refractivity contribution in [1.82, 2.24) is 19.1 Å². The number of aromatic nitrogens is 1. The van der Waals surface area contributed by atoms with E-state index in [0.717, 1.165) is 18.0 Å². The van der Waals surface area contributed by atoms with Crippen LogP contribution < -0.4 is 5.32 Å². The Kier molecular flexibility index (Phi) is 11.0. The molecule has 0 saturated carbocycles. The van der Waals surface area contributed by atoms with Gasteiger partial charge in [0, 0.05) is 75.3 Å². The Morgan fingerprint density at radius 1 is 1.29 bits per heavy atom. The minimum absolute atomic E-state index is 0.0174. The van der Waals surface area contributed by atoms with E-state index >= 15 is 0 Å². The number of benzene rings is 1. The second-order valence-corrected chi connectivity index (χ2v) is 13.2. The molecule has 13 nitrogen and oxygen atoms in total. The lowest BCUT2D eigenvalue weighted by Gasteiger charge is -2.39. The molecule has 1 aromatic heterocycles. The van der Waals surface area contributed by atoms with Gasteiger partial charge in [0.15, 0.2) is 16.9 Å². The number of aliphatic hydroxyl groups excluding tert-OH is 1. The Morgan fingerprint density at radius 3 is 2.67 bits per heavy atom. The molecule has 2 N–H and O–H groups in total. The zero-order valence-corrected chi connectivity index (χ0v) is 25.7. The largest absolute Gasteiger partial charge is 0.395 e. The van der Waals surface area contributed by atoms with Crippen LogP contribution in [0.15, 0.2) is 40.5 Å². The van der Waals surface area contributed by atoms with Crippen LogP contribution in [0.5, 0.6) is 0 Å². The number of ether oxygens (including phenoxy) is 1. The van der Waals surface area contributed by atoms with Gasteiger partial charge in [0.05, 0.1) is 24.7 Å². The fourth-order valence-corrected chi connectivity index (χ4v) is 7.19. The number of nitrogens with zero attached hydrogens (tertiary/aromatic N) is 5. The molecule has 2 saturated heterocycles. The summed E-state index contributed by atoms with van der Waals surface area (Å²) in [5.41, 5.74) is 0.337. The molecule has 0 aliphatic carbocycles. The molecule has 1 aromatic carbocycles. The molecule has 3 heterocycles. The van der Waals surface area contributed by atoms with E-state index in [1.54, 1.807) is 20.0 Å². The molecule has 2 fully saturated rings. The van der Waals surface area contributed by atoms with E-state index in [1.807, 2.05) is 11.8 Å². The number of thiazole rings is 1. The predicted octanol–water partition coefficient (Wildman–Crippen LogP) is 1.35. The molecule has 2 atom stereocenters. The van der Waals surface area contributed by atoms with E-state index in [0.29, 0.717) is 43.4 Å². The zero-order chi connectivity index (χ0) is 30.3. The molecule has 42 heavy (non-hydrogen) atoms. The molecule has 15 heteroatoms. The Hall–Kier alpha value is -2.95. The lowest BCUT2D eigenvalue weighted by molar-refractivity contribution is -0.133. The van der Waals surface area contributed by atoms with Crippen LogP contribution in [0.3, 0.4) is 0 Å². The van der Waals surface area contributed by atoms with E-state index in [9.17, 15) is 23.1 Å². The van der Waals surface area contributed by atoms with Crippen molar-refractivity contribution in [3.8, 4) is 0 Å². The van der Waals surface area contributed by atoms with Crippen molar-refractivity contribution in [3.05, 3.63) is 40.9 Å². The lowest BCUT2D eigenvalue weighted by atomic mass is 10.1. The molecule has 2 aromatic rings. The van der Waals surface area contributed by atoms with Crippen molar-refractivity contribution in [2.45, 2.75) is 50.8 Å². The number of carbonyl (C=O) groups excluding carboxylic acids is 2. The molecular formula is C27H38N6O7S2. The Balaban J connectivity index is 1.47. The minimum atomic E-state index is -3.82. The maximum Gasteiger partial charge on any atom is 0.280 e. The molecule has 230 valence electrons. The summed E-state index contributed by atoms with van der Waals surface area (Å²) in [7, 11) is -3.82. The molecule has 0 radical (unpaired) electrons. The molecule has 4 rings (SSSR count). The number of carbonyl (C=O) groups is 2. The number of oxime groups is 1. The van der Waals surface area contributed by atoms with Gasteiger partial charge in [-0.3, -0.25) is 19.8 Å². The third kappa shape index (κ3) is 7.90. The Bertz CT molecular complexity index is 1360. The van der Waals surface area contributed by atoms with E-state index in [1.165, 1.54) is 39.9 Å². The van der Waals surface area contributed by atoms with E-state index in [2.05, 4.69) is 20.4 Å². The first-order valence-electron chi connectivity index (χ1n) is 13.9. The number of likely N-dealkylation sites (N-methyl/N-ethyl adjacent to an activating group) is 1. The summed E-state index contributed by atoms with van der Waals surface area (Å²) >= 11 is 1.35. The quantitative estimate of drug-likeness (QED) is 0.264. The van der Waals surface area contributed by atoms with Gasteiger partial charge in [-0.1, -0.05) is 24.2 Å². The topological polar surface area (TPSA) is 154 Å². The number of amides is 2. The standard InChI is InChI=1S/C27H38N6O7S2/c1-4-32(12-13-34)42(37,38)24-7-5-21(6-8-24)25(30-40-22-9-14-39-18-22)26(36)29-27-28-15-23(41-27)17-31-10-11-33(20(3)35)19(2)16-31/h5-8,15,19,22,34H,4,9-14,16-18H2,1-3H3,(H,28,29,36)/b30-25+/t19-,22+/m0/s1. The van der Waals surface area contributed by atoms with Crippen LogP contribution in [-0.2, 0) is 35.7 Å². The summed E-state index contributed by atoms with van der Waals surface area (Å²) in [4.78, 5) is 40.3. The monoisotopic (exact) mass is 622 g/mol. The number of anilines is 1. The van der Waals surface area contributed by atoms with Crippen LogP contribution >= 0.6 is 11.3 Å². The average molecular weight is 623 g/mol. The Morgan fingerprint density at radius 2 is 2.05 bits per heavy atom. The molecule has 2 amide bonds. The minimum Gasteiger partial charge on any atom is -0.395 e. The van der Waals surface area contributed by atoms with Gasteiger partial charge >= 0.3 is 0 Å². The van der Waals surface area contributed by atoms with Crippen molar-refractivity contribution < 1.29 is 32.7 Å². The highest BCUT2D eigenvalue weighted by Crippen LogP contribution is 2.23. The van der Waals surface area contributed by atoms with Gasteiger partial charge in [0.2, 0.25) is 15.9 Å². The number of aliphatic hydroxyl groups is 1. The van der Waals surface area contributed by atoms with E-state index in [4.69, 9.17) is 9.57 Å². The van der Waals surface area contributed by atoms with E-state index in [-0.39, 0.29) is 48.4 Å². The van der Waals surface area contributed by atoms with Crippen molar-refractivity contribution in [1.29, 1.82) is 0 Å². The molecule has 0 unspecified atom stereocenters. The number of sulfonamides is 1. The van der Waals surface area contributed by atoms with Crippen LogP contribution in [0, 0.1) is 0 Å². The molecule has 2 aliphatic heterocycles. The summed E-state index contributed by atoms with van der Waals surface area (Å²) in [6, 6.07) is 5.93. The smallest absolute Gasteiger partial charge is 0.280 e. The van der Waals surface area contributed by atoms with Crippen molar-refractivity contribution in [2.75, 3.05) is 57.9 Å². The highest BCUT2D eigenvalue weighted by atomic mass is 32.2. The number of rotatable bonds is 12. The summed E-state index contributed by atoms with van der Waals surface area (Å²) in [6.07, 6.45) is 2.07. The number of piperazine rings is 1. The highest BCUT2D eigenvalue weighted by Gasteiger charge is 2.27. The number of hydrogen-bond acceptors (Lipinski definition) is 11. The highest BCUT2D eigenvalue weighted by molar-refractivity contribution is 7.89. The molecule has 0 bridgehead atoms. The first kappa shape index (κ1) is 32.0. The van der Waals surface area contributed by atoms with Crippen LogP contribution in [-0.4, -0.2) is 115 Å². The maximum atomic E-state index is 13.4. The summed E-state index contributed by atoms with van der Waals surface area (Å²) in [5.74, 6) is -0.475. The molecule has 0 spiro atoms. The lowest BCUT2D eigenvalue weighted by Crippen LogP contribution is -2.52. The van der Waals surface area contributed by atoms with Gasteiger partial charge in [-0.05, 0) is 19.1 Å². The third-order valence-electron chi connectivity index (χ3n) is 7.13. The fourth-order valence-electron chi connectivity index (χ4n) is 4.90. The maximum absolute atomic E-state index is 13.4. The van der Waals surface area contributed by atoms with Crippen molar-refractivity contribution in [3.63, 3.8) is 0 Å². The van der Waals surface area contributed by atoms with Gasteiger partial charge in [0.25, 0.3) is 5.91 Å². The molecule has 2 aliphatic rings. The average Bonchev–Trinajstić information content (AvgIpc) is 3.64. The normalized spacial score (nSPS) is 20.2. The van der Waals surface area contributed by atoms with Crippen LogP contribution in [0.4, 0.5) is 5.13 Å². The predicted molar refractivity (Wildman–Crippen MR) is 158 cm³/mol. The second-order valence-electron chi connectivity index (χ2n) is 10.2. The van der Waals surface area contributed by atoms with Crippen molar-refractivity contribution in [2.24, 2.45) is 5.16 Å². The first-order valence-corrected chi connectivity index (χ1v) is 16.2. The third-order valence-corrected chi connectivity index (χ3v) is 10.0. The zero-order valence-electron chi connectivity index (χ0n) is 24.1. The first-order chi connectivity index (χ1) is 20.1. The van der Waals surface area contributed by atoms with E-state index < -0.39 is 15.9 Å². The summed E-state index contributed by atoms with van der Waals surface area (Å²) < 4.78 is 32.4. The summed E-state index contributed by atoms with van der Waals surface area (Å²) in [5, 5.41) is 16.6. The van der Waals surface area contributed by atoms with Gasteiger partial charge in [-0.15, -0.1) is 11.3 Å². The van der Waals surface area contributed by atoms with Crippen LogP contribution in [0.1, 0.15) is 37.6 Å². The molecular weight excluding hydrogens is 584 g/mol. The Labute approximate surface area is 250 Å². The van der Waals surface area contributed by atoms with Gasteiger partial charge in [-0.25, -0.2) is 13.4 Å². The van der Waals surface area contributed by atoms with Gasteiger partial charge < -0.3 is 19.6 Å². The second kappa shape index (κ2) is 14.5. The van der Waals surface area contributed by atoms with Crippen molar-refractivity contribution >= 4 is 44.0 Å². The number of hydrogen-bond donors (Lipinski definition) is 2. The van der Waals surface area contributed by atoms with Gasteiger partial charge in [-0.2, -0.15) is 4.31 Å². The van der Waals surface area contributed by atoms with Gasteiger partial charge in [0.1, 0.15) is 0 Å². The van der Waals surface area contributed by atoms with Crippen LogP contribution in [0.25, 0.3) is 0 Å². The number of nitrogens with one attached hydrogen (secondary N) is 1. The fraction of sp³-hybridized carbons (Fsp3) is 0.556. The summed E-state index contributed by atoms with van der Waals surface area (Å²) in [6.45, 7) is 8.94. The van der Waals surface area contributed by atoms with Crippen LogP contribution in [0.2, 0.25) is 0 Å². The SMILES string of the molecule is CCN(CCO)S(=O)(=O)c1ccc(/C(=N\O[C@@H]2CCOC2)C(=O)Nc2ncc(CN3CCN(C(C)=O)[C@@H](C)C3)s2)cc1.